The van der Waals surface area contributed by atoms with E-state index in [1.54, 1.807) is 35.0 Å². The van der Waals surface area contributed by atoms with Gasteiger partial charge in [0, 0.05) is 35.5 Å². The lowest BCUT2D eigenvalue weighted by Crippen LogP contribution is -2.05. The number of nitrogens with zero attached hydrogens (tertiary/aromatic N) is 3. The Kier molecular flexibility index (Phi) is 6.21. The Hall–Kier alpha value is -3.03. The van der Waals surface area contributed by atoms with Gasteiger partial charge in [0.1, 0.15) is 29.4 Å². The molecule has 2 heterocycles. The van der Waals surface area contributed by atoms with E-state index in [0.717, 1.165) is 11.8 Å². The number of rotatable bonds is 8. The second kappa shape index (κ2) is 9.19. The van der Waals surface area contributed by atoms with Crippen molar-refractivity contribution in [3.63, 3.8) is 0 Å². The van der Waals surface area contributed by atoms with Crippen molar-refractivity contribution < 1.29 is 13.9 Å². The third kappa shape index (κ3) is 5.11. The monoisotopic (exact) mass is 445 g/mol. The summed E-state index contributed by atoms with van der Waals surface area (Å²) in [7, 11) is 0. The Morgan fingerprint density at radius 2 is 1.90 bits per heavy atom. The lowest BCUT2D eigenvalue weighted by Gasteiger charge is -2.07. The maximum Gasteiger partial charge on any atom is 0.336 e. The van der Waals surface area contributed by atoms with Crippen LogP contribution in [0.25, 0.3) is 11.0 Å². The predicted octanol–water partition coefficient (Wildman–Crippen LogP) is 4.74. The highest BCUT2D eigenvalue weighted by Crippen LogP contribution is 2.28. The van der Waals surface area contributed by atoms with Crippen molar-refractivity contribution in [2.24, 2.45) is 0 Å². The van der Waals surface area contributed by atoms with Crippen LogP contribution in [0.15, 0.2) is 63.9 Å². The van der Waals surface area contributed by atoms with Gasteiger partial charge in [0.05, 0.1) is 17.8 Å². The van der Waals surface area contributed by atoms with Crippen LogP contribution in [0.1, 0.15) is 12.1 Å². The molecule has 0 unspecified atom stereocenters. The van der Waals surface area contributed by atoms with Gasteiger partial charge in [-0.25, -0.2) is 4.79 Å². The number of benzene rings is 2. The zero-order chi connectivity index (χ0) is 20.9. The third-order valence-electron chi connectivity index (χ3n) is 4.25. The molecule has 4 aromatic rings. The summed E-state index contributed by atoms with van der Waals surface area (Å²) < 4.78 is 18.3. The quantitative estimate of drug-likeness (QED) is 0.287. The molecule has 0 atom stereocenters. The summed E-state index contributed by atoms with van der Waals surface area (Å²) >= 11 is 12.0. The second-order valence-corrected chi connectivity index (χ2v) is 7.34. The van der Waals surface area contributed by atoms with Crippen LogP contribution in [-0.4, -0.2) is 21.6 Å². The van der Waals surface area contributed by atoms with E-state index in [0.29, 0.717) is 46.0 Å². The third-order valence-corrected chi connectivity index (χ3v) is 4.78. The van der Waals surface area contributed by atoms with E-state index < -0.39 is 0 Å². The summed E-state index contributed by atoms with van der Waals surface area (Å²) in [5, 5.41) is 10.0. The van der Waals surface area contributed by atoms with Crippen LogP contribution in [0.2, 0.25) is 10.0 Å². The van der Waals surface area contributed by atoms with Crippen LogP contribution < -0.4 is 15.1 Å². The molecule has 4 rings (SSSR count). The molecule has 0 spiro atoms. The largest absolute Gasteiger partial charge is 0.493 e. The molecule has 2 aromatic carbocycles. The Balaban J connectivity index is 1.25. The van der Waals surface area contributed by atoms with Gasteiger partial charge in [-0.2, -0.15) is 0 Å². The van der Waals surface area contributed by atoms with Crippen molar-refractivity contribution in [2.75, 3.05) is 6.61 Å². The van der Waals surface area contributed by atoms with Crippen LogP contribution in [0.3, 0.4) is 0 Å². The second-order valence-electron chi connectivity index (χ2n) is 6.49. The van der Waals surface area contributed by atoms with Gasteiger partial charge in [-0.15, -0.1) is 5.10 Å². The van der Waals surface area contributed by atoms with Gasteiger partial charge in [0.25, 0.3) is 0 Å². The fourth-order valence-electron chi connectivity index (χ4n) is 2.81. The minimum absolute atomic E-state index is 0.250. The lowest BCUT2D eigenvalue weighted by molar-refractivity contribution is 0.297. The molecule has 0 aliphatic carbocycles. The SMILES string of the molecule is O=c1ccc2ccc(OCCCn3cc(COc4ccc(Cl)cc4Cl)nn3)cc2o1. The van der Waals surface area contributed by atoms with Crippen molar-refractivity contribution in [3.8, 4) is 11.5 Å². The average Bonchev–Trinajstić information content (AvgIpc) is 3.18. The molecule has 2 aromatic heterocycles. The van der Waals surface area contributed by atoms with E-state index >= 15 is 0 Å². The van der Waals surface area contributed by atoms with E-state index in [2.05, 4.69) is 10.3 Å². The highest BCUT2D eigenvalue weighted by molar-refractivity contribution is 6.35. The van der Waals surface area contributed by atoms with Crippen molar-refractivity contribution in [3.05, 3.63) is 80.9 Å². The zero-order valence-electron chi connectivity index (χ0n) is 15.8. The standard InChI is InChI=1S/C21H17Cl2N3O4/c22-15-4-6-19(18(23)10-15)29-13-16-12-26(25-24-16)8-1-9-28-17-5-2-14-3-7-21(27)30-20(14)11-17/h2-7,10-12H,1,8-9,13H2. The van der Waals surface area contributed by atoms with Crippen molar-refractivity contribution >= 4 is 34.2 Å². The van der Waals surface area contributed by atoms with Crippen molar-refractivity contribution in [2.45, 2.75) is 19.6 Å². The molecule has 154 valence electrons. The van der Waals surface area contributed by atoms with Crippen molar-refractivity contribution in [1.82, 2.24) is 15.0 Å². The lowest BCUT2D eigenvalue weighted by atomic mass is 10.2. The Labute approximate surface area is 181 Å². The molecule has 30 heavy (non-hydrogen) atoms. The van der Waals surface area contributed by atoms with Crippen LogP contribution >= 0.6 is 23.2 Å². The van der Waals surface area contributed by atoms with Gasteiger partial charge < -0.3 is 13.9 Å². The molecule has 0 bridgehead atoms. The van der Waals surface area contributed by atoms with Gasteiger partial charge >= 0.3 is 5.63 Å². The van der Waals surface area contributed by atoms with E-state index in [1.165, 1.54) is 6.07 Å². The minimum Gasteiger partial charge on any atom is -0.493 e. The fourth-order valence-corrected chi connectivity index (χ4v) is 3.27. The predicted molar refractivity (Wildman–Crippen MR) is 113 cm³/mol. The molecule has 0 radical (unpaired) electrons. The van der Waals surface area contributed by atoms with Crippen LogP contribution in [-0.2, 0) is 13.2 Å². The maximum atomic E-state index is 11.3. The van der Waals surface area contributed by atoms with E-state index in [4.69, 9.17) is 37.1 Å². The summed E-state index contributed by atoms with van der Waals surface area (Å²) in [5.74, 6) is 1.18. The van der Waals surface area contributed by atoms with E-state index in [1.807, 2.05) is 18.3 Å². The molecule has 0 saturated carbocycles. The normalized spacial score (nSPS) is 11.0. The van der Waals surface area contributed by atoms with Gasteiger partial charge in [0.2, 0.25) is 0 Å². The summed E-state index contributed by atoms with van der Waals surface area (Å²) in [5.41, 5.74) is 0.803. The smallest absolute Gasteiger partial charge is 0.336 e. The molecular weight excluding hydrogens is 429 g/mol. The van der Waals surface area contributed by atoms with Gasteiger partial charge in [-0.3, -0.25) is 4.68 Å². The number of hydrogen-bond donors (Lipinski definition) is 0. The van der Waals surface area contributed by atoms with Crippen molar-refractivity contribution in [1.29, 1.82) is 0 Å². The number of halogens is 2. The number of aryl methyl sites for hydroxylation is 1. The summed E-state index contributed by atoms with van der Waals surface area (Å²) in [6.45, 7) is 1.37. The highest BCUT2D eigenvalue weighted by Gasteiger charge is 2.06. The molecule has 0 N–H and O–H groups in total. The first-order valence-corrected chi connectivity index (χ1v) is 9.96. The molecule has 0 amide bonds. The first kappa shape index (κ1) is 20.3. The molecule has 7 nitrogen and oxygen atoms in total. The topological polar surface area (TPSA) is 79.4 Å². The maximum absolute atomic E-state index is 11.3. The summed E-state index contributed by atoms with van der Waals surface area (Å²) in [4.78, 5) is 11.3. The Bertz CT molecular complexity index is 1220. The first-order valence-electron chi connectivity index (χ1n) is 9.20. The zero-order valence-corrected chi connectivity index (χ0v) is 17.3. The molecular formula is C21H17Cl2N3O4. The molecule has 0 aliphatic heterocycles. The molecule has 0 fully saturated rings. The molecule has 9 heteroatoms. The highest BCUT2D eigenvalue weighted by atomic mass is 35.5. The van der Waals surface area contributed by atoms with Gasteiger partial charge in [0.15, 0.2) is 0 Å². The molecule has 0 aliphatic rings. The average molecular weight is 446 g/mol. The molecule has 0 saturated heterocycles. The number of hydrogen-bond acceptors (Lipinski definition) is 6. The summed E-state index contributed by atoms with van der Waals surface area (Å²) in [6, 6.07) is 13.6. The van der Waals surface area contributed by atoms with Crippen LogP contribution in [0, 0.1) is 0 Å². The number of fused-ring (bicyclic) bond motifs is 1. The Morgan fingerprint density at radius 3 is 2.77 bits per heavy atom. The Morgan fingerprint density at radius 1 is 1.03 bits per heavy atom. The van der Waals surface area contributed by atoms with E-state index in [-0.39, 0.29) is 12.2 Å². The van der Waals surface area contributed by atoms with Gasteiger partial charge in [-0.05, 0) is 36.4 Å². The fraction of sp³-hybridized carbons (Fsp3) is 0.190. The van der Waals surface area contributed by atoms with Crippen LogP contribution in [0.5, 0.6) is 11.5 Å². The van der Waals surface area contributed by atoms with Gasteiger partial charge in [-0.1, -0.05) is 28.4 Å². The minimum atomic E-state index is -0.385. The first-order chi connectivity index (χ1) is 14.6. The van der Waals surface area contributed by atoms with E-state index in [9.17, 15) is 4.79 Å². The number of ether oxygens (including phenoxy) is 2. The van der Waals surface area contributed by atoms with Crippen LogP contribution in [0.4, 0.5) is 0 Å². The summed E-state index contributed by atoms with van der Waals surface area (Å²) in [6.07, 6.45) is 2.54. The number of aromatic nitrogens is 3.